The Morgan fingerprint density at radius 1 is 1.48 bits per heavy atom. The van der Waals surface area contributed by atoms with Gasteiger partial charge in [-0.3, -0.25) is 0 Å². The van der Waals surface area contributed by atoms with E-state index in [1.165, 1.54) is 29.6 Å². The van der Waals surface area contributed by atoms with Crippen LogP contribution in [0.25, 0.3) is 0 Å². The monoisotopic (exact) mass is 361 g/mol. The van der Waals surface area contributed by atoms with Crippen LogP contribution in [0, 0.1) is 0 Å². The number of esters is 1. The molecule has 1 saturated heterocycles. The molecule has 0 N–H and O–H groups in total. The second-order valence-corrected chi connectivity index (χ2v) is 7.54. The van der Waals surface area contributed by atoms with Crippen molar-refractivity contribution in [1.29, 1.82) is 0 Å². The first-order valence-electron chi connectivity index (χ1n) is 7.39. The first-order chi connectivity index (χ1) is 10.9. The van der Waals surface area contributed by atoms with Crippen LogP contribution >= 0.6 is 11.6 Å². The summed E-state index contributed by atoms with van der Waals surface area (Å²) in [7, 11) is -2.50. The van der Waals surface area contributed by atoms with Gasteiger partial charge in [0, 0.05) is 19.7 Å². The summed E-state index contributed by atoms with van der Waals surface area (Å²) in [5.41, 5.74) is 0.207. The van der Waals surface area contributed by atoms with E-state index in [2.05, 4.69) is 4.74 Å². The Balaban J connectivity index is 2.28. The standard InChI is InChI=1S/C15H20ClNO5S/c1-3-17(10-12-5-4-8-22-12)23(19,20)14-7-6-11(9-13(14)16)15(18)21-2/h6-7,9,12H,3-5,8,10H2,1-2H3. The highest BCUT2D eigenvalue weighted by Gasteiger charge is 2.29. The zero-order valence-corrected chi connectivity index (χ0v) is 14.7. The van der Waals surface area contributed by atoms with Crippen LogP contribution in [0.1, 0.15) is 30.1 Å². The number of rotatable bonds is 6. The number of benzene rings is 1. The predicted octanol–water partition coefficient (Wildman–Crippen LogP) is 2.32. The van der Waals surface area contributed by atoms with Gasteiger partial charge in [-0.2, -0.15) is 4.31 Å². The normalized spacial score (nSPS) is 18.3. The Labute approximate surface area is 141 Å². The summed E-state index contributed by atoms with van der Waals surface area (Å²) in [5, 5.41) is -0.00121. The summed E-state index contributed by atoms with van der Waals surface area (Å²) >= 11 is 6.09. The molecule has 128 valence electrons. The van der Waals surface area contributed by atoms with E-state index in [1.807, 2.05) is 0 Å². The fraction of sp³-hybridized carbons (Fsp3) is 0.533. The summed E-state index contributed by atoms with van der Waals surface area (Å²) in [5.74, 6) is -0.567. The maximum Gasteiger partial charge on any atom is 0.337 e. The fourth-order valence-corrected chi connectivity index (χ4v) is 4.51. The third-order valence-electron chi connectivity index (χ3n) is 3.75. The number of methoxy groups -OCH3 is 1. The summed E-state index contributed by atoms with van der Waals surface area (Å²) in [6.07, 6.45) is 1.70. The van der Waals surface area contributed by atoms with Gasteiger partial charge in [-0.05, 0) is 31.0 Å². The maximum absolute atomic E-state index is 12.8. The lowest BCUT2D eigenvalue weighted by molar-refractivity contribution is 0.0600. The molecule has 1 aromatic carbocycles. The molecule has 0 aromatic heterocycles. The average molecular weight is 362 g/mol. The Morgan fingerprint density at radius 3 is 2.74 bits per heavy atom. The topological polar surface area (TPSA) is 72.9 Å². The van der Waals surface area contributed by atoms with Gasteiger partial charge in [0.25, 0.3) is 0 Å². The van der Waals surface area contributed by atoms with Crippen molar-refractivity contribution in [2.24, 2.45) is 0 Å². The van der Waals surface area contributed by atoms with Gasteiger partial charge in [0.05, 0.1) is 23.8 Å². The van der Waals surface area contributed by atoms with E-state index in [4.69, 9.17) is 16.3 Å². The lowest BCUT2D eigenvalue weighted by Gasteiger charge is -2.24. The van der Waals surface area contributed by atoms with Crippen molar-refractivity contribution in [3.63, 3.8) is 0 Å². The van der Waals surface area contributed by atoms with Gasteiger partial charge in [0.1, 0.15) is 4.90 Å². The van der Waals surface area contributed by atoms with E-state index in [9.17, 15) is 13.2 Å². The van der Waals surface area contributed by atoms with Crippen LogP contribution in [0.3, 0.4) is 0 Å². The molecule has 0 spiro atoms. The van der Waals surface area contributed by atoms with Crippen molar-refractivity contribution in [3.8, 4) is 0 Å². The van der Waals surface area contributed by atoms with Crippen LogP contribution < -0.4 is 0 Å². The van der Waals surface area contributed by atoms with E-state index < -0.39 is 16.0 Å². The third-order valence-corrected chi connectivity index (χ3v) is 6.18. The predicted molar refractivity (Wildman–Crippen MR) is 86.2 cm³/mol. The van der Waals surface area contributed by atoms with Gasteiger partial charge in [-0.15, -0.1) is 0 Å². The largest absolute Gasteiger partial charge is 0.465 e. The highest BCUT2D eigenvalue weighted by atomic mass is 35.5. The number of nitrogens with zero attached hydrogens (tertiary/aromatic N) is 1. The molecule has 1 aliphatic rings. The highest BCUT2D eigenvalue weighted by molar-refractivity contribution is 7.89. The van der Waals surface area contributed by atoms with Gasteiger partial charge in [0.2, 0.25) is 10.0 Å². The second-order valence-electron chi connectivity index (χ2n) is 5.23. The van der Waals surface area contributed by atoms with Gasteiger partial charge in [-0.25, -0.2) is 13.2 Å². The first-order valence-corrected chi connectivity index (χ1v) is 9.21. The zero-order valence-electron chi connectivity index (χ0n) is 13.1. The highest BCUT2D eigenvalue weighted by Crippen LogP contribution is 2.27. The minimum absolute atomic E-state index is 0.00121. The van der Waals surface area contributed by atoms with Crippen molar-refractivity contribution >= 4 is 27.6 Å². The minimum atomic E-state index is -3.75. The number of hydrogen-bond acceptors (Lipinski definition) is 5. The Bertz CT molecular complexity index is 670. The molecular weight excluding hydrogens is 342 g/mol. The van der Waals surface area contributed by atoms with Crippen LogP contribution in [0.5, 0.6) is 0 Å². The van der Waals surface area contributed by atoms with E-state index in [0.29, 0.717) is 19.7 Å². The number of likely N-dealkylation sites (N-methyl/N-ethyl adjacent to an activating group) is 1. The molecule has 1 fully saturated rings. The van der Waals surface area contributed by atoms with Crippen LogP contribution in [0.2, 0.25) is 5.02 Å². The van der Waals surface area contributed by atoms with Crippen molar-refractivity contribution in [3.05, 3.63) is 28.8 Å². The number of halogens is 1. The molecule has 1 heterocycles. The quantitative estimate of drug-likeness (QED) is 0.727. The number of hydrogen-bond donors (Lipinski definition) is 0. The van der Waals surface area contributed by atoms with E-state index in [0.717, 1.165) is 12.8 Å². The number of carbonyl (C=O) groups is 1. The Morgan fingerprint density at radius 2 is 2.22 bits per heavy atom. The molecule has 6 nitrogen and oxygen atoms in total. The lowest BCUT2D eigenvalue weighted by atomic mass is 10.2. The lowest BCUT2D eigenvalue weighted by Crippen LogP contribution is -2.37. The van der Waals surface area contributed by atoms with Crippen molar-refractivity contribution in [1.82, 2.24) is 4.31 Å². The van der Waals surface area contributed by atoms with E-state index in [1.54, 1.807) is 6.92 Å². The molecule has 1 aliphatic heterocycles. The van der Waals surface area contributed by atoms with Gasteiger partial charge < -0.3 is 9.47 Å². The SMILES string of the molecule is CCN(CC1CCCO1)S(=O)(=O)c1ccc(C(=O)OC)cc1Cl. The number of ether oxygens (including phenoxy) is 2. The minimum Gasteiger partial charge on any atom is -0.465 e. The zero-order chi connectivity index (χ0) is 17.0. The molecule has 0 aliphatic carbocycles. The van der Waals surface area contributed by atoms with Crippen molar-refractivity contribution < 1.29 is 22.7 Å². The summed E-state index contributed by atoms with van der Waals surface area (Å²) < 4.78 is 37.0. The van der Waals surface area contributed by atoms with E-state index >= 15 is 0 Å². The molecule has 2 rings (SSSR count). The fourth-order valence-electron chi connectivity index (χ4n) is 2.51. The van der Waals surface area contributed by atoms with Crippen LogP contribution in [0.15, 0.2) is 23.1 Å². The Hall–Kier alpha value is -1.15. The molecule has 8 heteroatoms. The van der Waals surface area contributed by atoms with Crippen LogP contribution in [-0.2, 0) is 19.5 Å². The van der Waals surface area contributed by atoms with Crippen molar-refractivity contribution in [2.45, 2.75) is 30.8 Å². The van der Waals surface area contributed by atoms with Crippen molar-refractivity contribution in [2.75, 3.05) is 26.8 Å². The number of carbonyl (C=O) groups excluding carboxylic acids is 1. The first kappa shape index (κ1) is 18.2. The molecule has 23 heavy (non-hydrogen) atoms. The molecule has 1 aromatic rings. The van der Waals surface area contributed by atoms with Crippen LogP contribution in [0.4, 0.5) is 0 Å². The maximum atomic E-state index is 12.8. The summed E-state index contributed by atoms with van der Waals surface area (Å²) in [4.78, 5) is 11.5. The molecule has 1 atom stereocenters. The van der Waals surface area contributed by atoms with Gasteiger partial charge in [0.15, 0.2) is 0 Å². The second kappa shape index (κ2) is 7.61. The molecule has 1 unspecified atom stereocenters. The van der Waals surface area contributed by atoms with Gasteiger partial charge >= 0.3 is 5.97 Å². The van der Waals surface area contributed by atoms with E-state index in [-0.39, 0.29) is 21.6 Å². The molecule has 0 amide bonds. The van der Waals surface area contributed by atoms with Gasteiger partial charge in [-0.1, -0.05) is 18.5 Å². The summed E-state index contributed by atoms with van der Waals surface area (Å²) in [6.45, 7) is 3.05. The average Bonchev–Trinajstić information content (AvgIpc) is 3.04. The molecule has 0 bridgehead atoms. The third kappa shape index (κ3) is 4.03. The molecule has 0 saturated carbocycles. The molecule has 0 radical (unpaired) electrons. The summed E-state index contributed by atoms with van der Waals surface area (Å²) in [6, 6.07) is 4.03. The van der Waals surface area contributed by atoms with Crippen LogP contribution in [-0.4, -0.2) is 51.6 Å². The molecular formula is C15H20ClNO5S. The Kier molecular flexibility index (Phi) is 6.02. The smallest absolute Gasteiger partial charge is 0.337 e. The number of sulfonamides is 1.